The highest BCUT2D eigenvalue weighted by Crippen LogP contribution is 2.51. The molecule has 0 bridgehead atoms. The van der Waals surface area contributed by atoms with Crippen LogP contribution in [0.1, 0.15) is 25.0 Å². The average molecular weight is 536 g/mol. The molecule has 0 atom stereocenters. The van der Waals surface area contributed by atoms with Gasteiger partial charge in [-0.15, -0.1) is 0 Å². The minimum Gasteiger partial charge on any atom is -0.493 e. The molecule has 0 fully saturated rings. The molecule has 0 saturated heterocycles. The van der Waals surface area contributed by atoms with E-state index in [1.54, 1.807) is 7.11 Å². The highest BCUT2D eigenvalue weighted by atomic mass is 127. The van der Waals surface area contributed by atoms with Crippen molar-refractivity contribution >= 4 is 33.4 Å². The van der Waals surface area contributed by atoms with E-state index in [2.05, 4.69) is 91.0 Å². The second kappa shape index (κ2) is 8.32. The maximum Gasteiger partial charge on any atom is 0.165 e. The maximum atomic E-state index is 6.39. The third-order valence-electron chi connectivity index (χ3n) is 5.86. The molecule has 3 nitrogen and oxygen atoms in total. The Morgan fingerprint density at radius 2 is 1.62 bits per heavy atom. The van der Waals surface area contributed by atoms with Crippen LogP contribution in [-0.4, -0.2) is 12.7 Å². The zero-order chi connectivity index (χ0) is 22.3. The number of hydrogen-bond acceptors (Lipinski definition) is 3. The first-order valence-electron chi connectivity index (χ1n) is 10.7. The van der Waals surface area contributed by atoms with Crippen LogP contribution in [0.5, 0.6) is 17.2 Å². The third kappa shape index (κ3) is 3.81. The van der Waals surface area contributed by atoms with Crippen LogP contribution >= 0.6 is 22.6 Å². The van der Waals surface area contributed by atoms with Gasteiger partial charge in [0.2, 0.25) is 0 Å². The van der Waals surface area contributed by atoms with Crippen LogP contribution in [0.4, 0.5) is 0 Å². The Labute approximate surface area is 202 Å². The molecular formula is C28H25IO3. The summed E-state index contributed by atoms with van der Waals surface area (Å²) >= 11 is 2.43. The Kier molecular flexibility index (Phi) is 5.49. The van der Waals surface area contributed by atoms with E-state index in [4.69, 9.17) is 14.2 Å². The third-order valence-corrected chi connectivity index (χ3v) is 6.71. The van der Waals surface area contributed by atoms with Crippen molar-refractivity contribution in [1.29, 1.82) is 0 Å². The number of methoxy groups -OCH3 is 1. The Hall–Kier alpha value is -2.73. The van der Waals surface area contributed by atoms with Crippen LogP contribution in [0.15, 0.2) is 72.8 Å². The van der Waals surface area contributed by atoms with E-state index in [1.165, 1.54) is 22.1 Å². The molecule has 0 unspecified atom stereocenters. The summed E-state index contributed by atoms with van der Waals surface area (Å²) in [6, 6.07) is 25.0. The summed E-state index contributed by atoms with van der Waals surface area (Å²) in [5, 5.41) is 2.24. The number of fused-ring (bicyclic) bond motifs is 3. The minimum absolute atomic E-state index is 0.288. The predicted molar refractivity (Wildman–Crippen MR) is 138 cm³/mol. The van der Waals surface area contributed by atoms with E-state index in [0.717, 1.165) is 38.2 Å². The standard InChI is InChI=1S/C28H25IO3/c1-28(2)16-21-26-20(14-24(30-3)27(21)32-28)23(31-17-18-10-6-4-7-11-18)15-22(29)25(26)19-12-8-5-9-13-19/h4-15H,16-17H2,1-3H3. The first kappa shape index (κ1) is 21.1. The van der Waals surface area contributed by atoms with Gasteiger partial charge in [0.1, 0.15) is 18.0 Å². The van der Waals surface area contributed by atoms with Crippen molar-refractivity contribution in [2.24, 2.45) is 0 Å². The summed E-state index contributed by atoms with van der Waals surface area (Å²) in [5.74, 6) is 2.46. The van der Waals surface area contributed by atoms with Gasteiger partial charge in [-0.05, 0) is 59.7 Å². The predicted octanol–water partition coefficient (Wildman–Crippen LogP) is 7.41. The van der Waals surface area contributed by atoms with Crippen LogP contribution in [-0.2, 0) is 13.0 Å². The molecule has 0 radical (unpaired) electrons. The van der Waals surface area contributed by atoms with Crippen molar-refractivity contribution < 1.29 is 14.2 Å². The number of halogens is 1. The number of rotatable bonds is 5. The zero-order valence-corrected chi connectivity index (χ0v) is 20.6. The fourth-order valence-corrected chi connectivity index (χ4v) is 5.33. The van der Waals surface area contributed by atoms with E-state index in [0.29, 0.717) is 6.61 Å². The molecule has 32 heavy (non-hydrogen) atoms. The van der Waals surface area contributed by atoms with Crippen LogP contribution in [0, 0.1) is 3.57 Å². The molecule has 4 aromatic rings. The first-order valence-corrected chi connectivity index (χ1v) is 11.8. The lowest BCUT2D eigenvalue weighted by Gasteiger charge is -2.19. The van der Waals surface area contributed by atoms with E-state index < -0.39 is 0 Å². The Morgan fingerprint density at radius 1 is 0.938 bits per heavy atom. The molecule has 0 saturated carbocycles. The van der Waals surface area contributed by atoms with E-state index >= 15 is 0 Å². The molecule has 4 aromatic carbocycles. The molecule has 0 N–H and O–H groups in total. The van der Waals surface area contributed by atoms with Crippen LogP contribution in [0.3, 0.4) is 0 Å². The van der Waals surface area contributed by atoms with Gasteiger partial charge in [0.05, 0.1) is 7.11 Å². The fourth-order valence-electron chi connectivity index (χ4n) is 4.47. The SMILES string of the molecule is COc1cc2c(OCc3ccccc3)cc(I)c(-c3ccccc3)c2c2c1OC(C)(C)C2. The molecule has 162 valence electrons. The van der Waals surface area contributed by atoms with Gasteiger partial charge in [0.15, 0.2) is 11.5 Å². The van der Waals surface area contributed by atoms with Gasteiger partial charge in [-0.25, -0.2) is 0 Å². The average Bonchev–Trinajstić information content (AvgIpc) is 3.13. The zero-order valence-electron chi connectivity index (χ0n) is 18.4. The Morgan fingerprint density at radius 3 is 2.31 bits per heavy atom. The molecule has 0 aliphatic carbocycles. The van der Waals surface area contributed by atoms with Crippen molar-refractivity contribution in [3.05, 3.63) is 87.5 Å². The highest BCUT2D eigenvalue weighted by molar-refractivity contribution is 14.1. The van der Waals surface area contributed by atoms with Crippen molar-refractivity contribution in [3.8, 4) is 28.4 Å². The van der Waals surface area contributed by atoms with E-state index in [-0.39, 0.29) is 5.60 Å². The van der Waals surface area contributed by atoms with Crippen molar-refractivity contribution in [1.82, 2.24) is 0 Å². The summed E-state index contributed by atoms with van der Waals surface area (Å²) in [6.45, 7) is 4.76. The summed E-state index contributed by atoms with van der Waals surface area (Å²) in [5.41, 5.74) is 4.44. The van der Waals surface area contributed by atoms with Gasteiger partial charge >= 0.3 is 0 Å². The monoisotopic (exact) mass is 536 g/mol. The van der Waals surface area contributed by atoms with Gasteiger partial charge in [-0.2, -0.15) is 0 Å². The smallest absolute Gasteiger partial charge is 0.165 e. The molecule has 1 aliphatic heterocycles. The number of ether oxygens (including phenoxy) is 3. The first-order chi connectivity index (χ1) is 15.5. The molecule has 5 rings (SSSR count). The minimum atomic E-state index is -0.288. The lowest BCUT2D eigenvalue weighted by molar-refractivity contribution is 0.134. The van der Waals surface area contributed by atoms with Crippen LogP contribution in [0.25, 0.3) is 21.9 Å². The molecule has 4 heteroatoms. The maximum absolute atomic E-state index is 6.39. The highest BCUT2D eigenvalue weighted by Gasteiger charge is 2.36. The molecule has 1 aliphatic rings. The lowest BCUT2D eigenvalue weighted by Crippen LogP contribution is -2.24. The Bertz CT molecular complexity index is 1280. The fraction of sp³-hybridized carbons (Fsp3) is 0.214. The molecule has 0 spiro atoms. The van der Waals surface area contributed by atoms with Crippen LogP contribution in [0.2, 0.25) is 0 Å². The van der Waals surface area contributed by atoms with Crippen molar-refractivity contribution in [3.63, 3.8) is 0 Å². The molecule has 0 amide bonds. The van der Waals surface area contributed by atoms with Gasteiger partial charge in [0, 0.05) is 31.9 Å². The van der Waals surface area contributed by atoms with E-state index in [1.807, 2.05) is 18.2 Å². The van der Waals surface area contributed by atoms with Gasteiger partial charge in [-0.1, -0.05) is 60.7 Å². The number of hydrogen-bond donors (Lipinski definition) is 0. The normalized spacial score (nSPS) is 14.1. The largest absolute Gasteiger partial charge is 0.493 e. The number of benzene rings is 4. The quantitative estimate of drug-likeness (QED) is 0.249. The molecule has 1 heterocycles. The molecule has 0 aromatic heterocycles. The topological polar surface area (TPSA) is 27.7 Å². The summed E-state index contributed by atoms with van der Waals surface area (Å²) in [7, 11) is 1.70. The van der Waals surface area contributed by atoms with Gasteiger partial charge in [0.25, 0.3) is 0 Å². The van der Waals surface area contributed by atoms with E-state index in [9.17, 15) is 0 Å². The van der Waals surface area contributed by atoms with Gasteiger partial charge in [-0.3, -0.25) is 0 Å². The van der Waals surface area contributed by atoms with Crippen molar-refractivity contribution in [2.45, 2.75) is 32.5 Å². The van der Waals surface area contributed by atoms with Crippen LogP contribution < -0.4 is 14.2 Å². The van der Waals surface area contributed by atoms with Gasteiger partial charge < -0.3 is 14.2 Å². The molecular weight excluding hydrogens is 511 g/mol. The summed E-state index contributed by atoms with van der Waals surface area (Å²) < 4.78 is 19.7. The summed E-state index contributed by atoms with van der Waals surface area (Å²) in [4.78, 5) is 0. The van der Waals surface area contributed by atoms with Crippen molar-refractivity contribution in [2.75, 3.05) is 7.11 Å². The Balaban J connectivity index is 1.76. The second-order valence-corrected chi connectivity index (χ2v) is 9.88. The summed E-state index contributed by atoms with van der Waals surface area (Å²) in [6.07, 6.45) is 0.814. The second-order valence-electron chi connectivity index (χ2n) is 8.72. The lowest BCUT2D eigenvalue weighted by atomic mass is 9.90.